The van der Waals surface area contributed by atoms with E-state index in [1.54, 1.807) is 11.8 Å². The van der Waals surface area contributed by atoms with Crippen LogP contribution in [0, 0.1) is 11.8 Å². The Kier molecular flexibility index (Phi) is 4.06. The molecule has 3 atom stereocenters. The highest BCUT2D eigenvalue weighted by Crippen LogP contribution is 2.24. The molecule has 7 heteroatoms. The normalized spacial score (nSPS) is 26.5. The van der Waals surface area contributed by atoms with Gasteiger partial charge in [0, 0.05) is 13.1 Å². The summed E-state index contributed by atoms with van der Waals surface area (Å²) in [5.74, 6) is -1.85. The molecule has 0 aromatic rings. The van der Waals surface area contributed by atoms with Crippen molar-refractivity contribution < 1.29 is 19.5 Å². The first-order valence-corrected chi connectivity index (χ1v) is 5.40. The largest absolute Gasteiger partial charge is 0.481 e. The van der Waals surface area contributed by atoms with Crippen LogP contribution in [0.4, 0.5) is 4.79 Å². The van der Waals surface area contributed by atoms with E-state index in [0.29, 0.717) is 13.1 Å². The van der Waals surface area contributed by atoms with E-state index in [4.69, 9.17) is 10.8 Å². The van der Waals surface area contributed by atoms with Gasteiger partial charge in [0.1, 0.15) is 0 Å². The van der Waals surface area contributed by atoms with Crippen molar-refractivity contribution in [2.24, 2.45) is 17.6 Å². The number of amides is 3. The van der Waals surface area contributed by atoms with Gasteiger partial charge >= 0.3 is 12.0 Å². The summed E-state index contributed by atoms with van der Waals surface area (Å²) >= 11 is 0. The Bertz CT molecular complexity index is 344. The van der Waals surface area contributed by atoms with Crippen LogP contribution >= 0.6 is 0 Å². The van der Waals surface area contributed by atoms with Gasteiger partial charge in [-0.3, -0.25) is 19.8 Å². The van der Waals surface area contributed by atoms with Crippen molar-refractivity contribution in [3.63, 3.8) is 0 Å². The van der Waals surface area contributed by atoms with Gasteiger partial charge in [-0.25, -0.2) is 4.79 Å². The Labute approximate surface area is 98.9 Å². The van der Waals surface area contributed by atoms with Gasteiger partial charge in [-0.05, 0) is 12.8 Å². The van der Waals surface area contributed by atoms with Crippen LogP contribution in [0.25, 0.3) is 0 Å². The molecule has 0 bridgehead atoms. The van der Waals surface area contributed by atoms with Crippen molar-refractivity contribution in [1.29, 1.82) is 0 Å². The van der Waals surface area contributed by atoms with Crippen molar-refractivity contribution in [1.82, 2.24) is 10.2 Å². The topological polar surface area (TPSA) is 113 Å². The van der Waals surface area contributed by atoms with Gasteiger partial charge in [0.2, 0.25) is 5.91 Å². The third kappa shape index (κ3) is 3.16. The maximum atomic E-state index is 11.5. The summed E-state index contributed by atoms with van der Waals surface area (Å²) in [6.45, 7) is 4.28. The number of hydrogen-bond donors (Lipinski definition) is 3. The van der Waals surface area contributed by atoms with Gasteiger partial charge in [-0.15, -0.1) is 0 Å². The highest BCUT2D eigenvalue weighted by Gasteiger charge is 2.38. The molecule has 0 aromatic carbocycles. The summed E-state index contributed by atoms with van der Waals surface area (Å²) in [5, 5.41) is 11.0. The molecule has 1 aliphatic rings. The smallest absolute Gasteiger partial charge is 0.318 e. The minimum atomic E-state index is -0.899. The Morgan fingerprint density at radius 2 is 2.00 bits per heavy atom. The quantitative estimate of drug-likeness (QED) is 0.602. The molecule has 4 N–H and O–H groups in total. The molecule has 17 heavy (non-hydrogen) atoms. The average molecular weight is 243 g/mol. The van der Waals surface area contributed by atoms with Gasteiger partial charge in [-0.1, -0.05) is 6.92 Å². The van der Waals surface area contributed by atoms with Crippen LogP contribution in [0.5, 0.6) is 0 Å². The zero-order valence-electron chi connectivity index (χ0n) is 9.84. The number of likely N-dealkylation sites (tertiary alicyclic amines) is 1. The molecule has 0 aliphatic carbocycles. The fourth-order valence-corrected chi connectivity index (χ4v) is 2.03. The van der Waals surface area contributed by atoms with E-state index >= 15 is 0 Å². The van der Waals surface area contributed by atoms with Gasteiger partial charge in [0.15, 0.2) is 0 Å². The number of nitrogens with two attached hydrogens (primary N) is 1. The van der Waals surface area contributed by atoms with Crippen LogP contribution in [-0.4, -0.2) is 47.0 Å². The fourth-order valence-electron chi connectivity index (χ4n) is 2.03. The van der Waals surface area contributed by atoms with E-state index in [0.717, 1.165) is 0 Å². The summed E-state index contributed by atoms with van der Waals surface area (Å²) in [7, 11) is 0. The molecule has 1 fully saturated rings. The number of nitrogens with zero attached hydrogens (tertiary/aromatic N) is 1. The van der Waals surface area contributed by atoms with E-state index in [-0.39, 0.29) is 5.92 Å². The SMILES string of the molecule is CC(C(=O)NC(N)=O)N1C[C@@H](C)[C@H](C(=O)O)C1. The molecule has 0 saturated carbocycles. The van der Waals surface area contributed by atoms with Crippen molar-refractivity contribution in [3.05, 3.63) is 0 Å². The molecule has 1 rings (SSSR count). The molecule has 0 spiro atoms. The Hall–Kier alpha value is -1.63. The molecule has 1 saturated heterocycles. The highest BCUT2D eigenvalue weighted by molar-refractivity contribution is 5.96. The molecule has 3 amide bonds. The standard InChI is InChI=1S/C10H17N3O4/c1-5-3-13(4-7(5)9(15)16)6(2)8(14)12-10(11)17/h5-7H,3-4H2,1-2H3,(H,15,16)(H3,11,12,14,17)/t5-,6?,7-/m1/s1. The monoisotopic (exact) mass is 243 g/mol. The number of primary amides is 1. The Morgan fingerprint density at radius 1 is 1.41 bits per heavy atom. The second-order valence-corrected chi connectivity index (χ2v) is 4.41. The summed E-state index contributed by atoms with van der Waals surface area (Å²) in [6.07, 6.45) is 0. The Balaban J connectivity index is 2.61. The van der Waals surface area contributed by atoms with Crippen molar-refractivity contribution in [2.75, 3.05) is 13.1 Å². The summed E-state index contributed by atoms with van der Waals surface area (Å²) in [5.41, 5.74) is 4.85. The first-order valence-electron chi connectivity index (χ1n) is 5.40. The van der Waals surface area contributed by atoms with Crippen molar-refractivity contribution >= 4 is 17.9 Å². The molecule has 0 aromatic heterocycles. The van der Waals surface area contributed by atoms with Crippen LogP contribution in [0.1, 0.15) is 13.8 Å². The molecule has 1 unspecified atom stereocenters. The van der Waals surface area contributed by atoms with Gasteiger partial charge in [0.25, 0.3) is 0 Å². The first kappa shape index (κ1) is 13.4. The van der Waals surface area contributed by atoms with Gasteiger partial charge in [0.05, 0.1) is 12.0 Å². The van der Waals surface area contributed by atoms with Gasteiger partial charge in [-0.2, -0.15) is 0 Å². The number of carbonyl (C=O) groups is 3. The highest BCUT2D eigenvalue weighted by atomic mass is 16.4. The molecular formula is C10H17N3O4. The third-order valence-corrected chi connectivity index (χ3v) is 3.13. The summed E-state index contributed by atoms with van der Waals surface area (Å²) in [4.78, 5) is 34.7. The van der Waals surface area contributed by atoms with Crippen molar-refractivity contribution in [3.8, 4) is 0 Å². The predicted octanol–water partition coefficient (Wildman–Crippen LogP) is -0.778. The molecule has 0 radical (unpaired) electrons. The lowest BCUT2D eigenvalue weighted by Gasteiger charge is -2.22. The lowest BCUT2D eigenvalue weighted by molar-refractivity contribution is -0.142. The number of carbonyl (C=O) groups excluding carboxylic acids is 2. The minimum absolute atomic E-state index is 0.0173. The zero-order chi connectivity index (χ0) is 13.2. The van der Waals surface area contributed by atoms with Crippen LogP contribution < -0.4 is 11.1 Å². The van der Waals surface area contributed by atoms with E-state index in [1.807, 2.05) is 12.2 Å². The number of aliphatic carboxylic acids is 1. The second-order valence-electron chi connectivity index (χ2n) is 4.41. The Morgan fingerprint density at radius 3 is 2.41 bits per heavy atom. The van der Waals surface area contributed by atoms with Crippen LogP contribution in [0.15, 0.2) is 0 Å². The maximum Gasteiger partial charge on any atom is 0.318 e. The number of rotatable bonds is 3. The number of nitrogens with one attached hydrogen (secondary N) is 1. The number of imide groups is 1. The third-order valence-electron chi connectivity index (χ3n) is 3.13. The molecule has 7 nitrogen and oxygen atoms in total. The average Bonchev–Trinajstić information content (AvgIpc) is 2.58. The lowest BCUT2D eigenvalue weighted by Crippen LogP contribution is -2.47. The van der Waals surface area contributed by atoms with Gasteiger partial charge < -0.3 is 10.8 Å². The summed E-state index contributed by atoms with van der Waals surface area (Å²) < 4.78 is 0. The number of carboxylic acids is 1. The summed E-state index contributed by atoms with van der Waals surface area (Å²) in [6, 6.07) is -1.46. The molecule has 96 valence electrons. The van der Waals surface area contributed by atoms with Crippen molar-refractivity contribution in [2.45, 2.75) is 19.9 Å². The van der Waals surface area contributed by atoms with E-state index in [1.165, 1.54) is 0 Å². The maximum absolute atomic E-state index is 11.5. The lowest BCUT2D eigenvalue weighted by atomic mass is 9.99. The molecule has 1 heterocycles. The molecular weight excluding hydrogens is 226 g/mol. The predicted molar refractivity (Wildman–Crippen MR) is 59.1 cm³/mol. The fraction of sp³-hybridized carbons (Fsp3) is 0.700. The van der Waals surface area contributed by atoms with Crippen LogP contribution in [0.3, 0.4) is 0 Å². The second kappa shape index (κ2) is 5.13. The van der Waals surface area contributed by atoms with Crippen LogP contribution in [0.2, 0.25) is 0 Å². The minimum Gasteiger partial charge on any atom is -0.481 e. The number of urea groups is 1. The van der Waals surface area contributed by atoms with Crippen LogP contribution in [-0.2, 0) is 9.59 Å². The van der Waals surface area contributed by atoms with E-state index < -0.39 is 29.9 Å². The number of hydrogen-bond acceptors (Lipinski definition) is 4. The van der Waals surface area contributed by atoms with E-state index in [9.17, 15) is 14.4 Å². The zero-order valence-corrected chi connectivity index (χ0v) is 9.84. The molecule has 1 aliphatic heterocycles. The first-order chi connectivity index (χ1) is 7.82. The number of carboxylic acid groups (broad SMARTS) is 1. The van der Waals surface area contributed by atoms with E-state index in [2.05, 4.69) is 0 Å².